The van der Waals surface area contributed by atoms with Gasteiger partial charge in [-0.15, -0.1) is 0 Å². The zero-order chi connectivity index (χ0) is 15.4. The van der Waals surface area contributed by atoms with Crippen LogP contribution in [0.2, 0.25) is 0 Å². The van der Waals surface area contributed by atoms with Gasteiger partial charge in [0.2, 0.25) is 0 Å². The molecule has 0 amide bonds. The smallest absolute Gasteiger partial charge is 0.161 e. The Morgan fingerprint density at radius 1 is 1.24 bits per heavy atom. The van der Waals surface area contributed by atoms with Gasteiger partial charge < -0.3 is 15.2 Å². The number of benzene rings is 1. The number of anilines is 1. The lowest BCUT2D eigenvalue weighted by Gasteiger charge is -2.10. The van der Waals surface area contributed by atoms with Crippen molar-refractivity contribution in [3.8, 4) is 22.9 Å². The van der Waals surface area contributed by atoms with Crippen LogP contribution in [0.1, 0.15) is 19.5 Å². The van der Waals surface area contributed by atoms with E-state index in [9.17, 15) is 5.11 Å². The number of phenolic OH excluding ortho intramolecular Hbond substituents is 1. The van der Waals surface area contributed by atoms with Crippen LogP contribution in [0.5, 0.6) is 11.5 Å². The molecule has 2 N–H and O–H groups in total. The number of aromatic nitrogens is 2. The summed E-state index contributed by atoms with van der Waals surface area (Å²) in [5, 5.41) is 12.9. The number of hydrogen-bond acceptors (Lipinski definition) is 5. The molecule has 5 nitrogen and oxygen atoms in total. The molecule has 21 heavy (non-hydrogen) atoms. The topological polar surface area (TPSA) is 67.3 Å². The number of hydrogen-bond donors (Lipinski definition) is 2. The van der Waals surface area contributed by atoms with E-state index in [-0.39, 0.29) is 5.75 Å². The fourth-order valence-electron chi connectivity index (χ4n) is 2.11. The molecule has 112 valence electrons. The van der Waals surface area contributed by atoms with Crippen LogP contribution < -0.4 is 10.1 Å². The molecule has 0 radical (unpaired) electrons. The summed E-state index contributed by atoms with van der Waals surface area (Å²) in [6.07, 6.45) is 0.881. The highest BCUT2D eigenvalue weighted by Gasteiger charge is 2.10. The first-order chi connectivity index (χ1) is 10.0. The van der Waals surface area contributed by atoms with Gasteiger partial charge in [0.15, 0.2) is 17.3 Å². The van der Waals surface area contributed by atoms with Crippen molar-refractivity contribution in [2.75, 3.05) is 19.5 Å². The summed E-state index contributed by atoms with van der Waals surface area (Å²) in [6, 6.07) is 7.12. The maximum Gasteiger partial charge on any atom is 0.161 e. The molecule has 0 saturated heterocycles. The molecule has 0 atom stereocenters. The van der Waals surface area contributed by atoms with Crippen LogP contribution in [0.4, 0.5) is 5.82 Å². The minimum Gasteiger partial charge on any atom is -0.504 e. The van der Waals surface area contributed by atoms with Gasteiger partial charge in [0.1, 0.15) is 5.82 Å². The first kappa shape index (κ1) is 15.1. The van der Waals surface area contributed by atoms with Gasteiger partial charge in [-0.25, -0.2) is 9.97 Å². The largest absolute Gasteiger partial charge is 0.504 e. The number of nitrogens with one attached hydrogen (secondary N) is 1. The second-order valence-electron chi connectivity index (χ2n) is 5.30. The van der Waals surface area contributed by atoms with Crippen LogP contribution >= 0.6 is 0 Å². The summed E-state index contributed by atoms with van der Waals surface area (Å²) in [7, 11) is 3.35. The van der Waals surface area contributed by atoms with E-state index in [0.717, 1.165) is 23.5 Å². The van der Waals surface area contributed by atoms with Crippen molar-refractivity contribution < 1.29 is 9.84 Å². The van der Waals surface area contributed by atoms with E-state index in [4.69, 9.17) is 4.74 Å². The second-order valence-corrected chi connectivity index (χ2v) is 5.30. The van der Waals surface area contributed by atoms with Crippen molar-refractivity contribution in [3.05, 3.63) is 30.0 Å². The minimum absolute atomic E-state index is 0.0823. The van der Waals surface area contributed by atoms with Crippen molar-refractivity contribution in [3.63, 3.8) is 0 Å². The molecule has 2 aromatic rings. The lowest BCUT2D eigenvalue weighted by molar-refractivity contribution is 0.373. The van der Waals surface area contributed by atoms with E-state index in [1.54, 1.807) is 12.1 Å². The van der Waals surface area contributed by atoms with E-state index in [1.807, 2.05) is 19.2 Å². The predicted octanol–water partition coefficient (Wildman–Crippen LogP) is 3.10. The fourth-order valence-corrected chi connectivity index (χ4v) is 2.11. The van der Waals surface area contributed by atoms with Crippen LogP contribution in [0.15, 0.2) is 24.3 Å². The van der Waals surface area contributed by atoms with E-state index in [2.05, 4.69) is 29.1 Å². The van der Waals surface area contributed by atoms with Gasteiger partial charge in [-0.05, 0) is 30.5 Å². The number of nitrogens with zero attached hydrogens (tertiary/aromatic N) is 2. The molecular weight excluding hydrogens is 266 g/mol. The van der Waals surface area contributed by atoms with Gasteiger partial charge in [0.25, 0.3) is 0 Å². The summed E-state index contributed by atoms with van der Waals surface area (Å²) in [5.41, 5.74) is 1.74. The number of ether oxygens (including phenoxy) is 1. The highest BCUT2D eigenvalue weighted by molar-refractivity contribution is 5.62. The normalized spacial score (nSPS) is 10.7. The van der Waals surface area contributed by atoms with Crippen molar-refractivity contribution in [1.82, 2.24) is 9.97 Å². The van der Waals surface area contributed by atoms with E-state index in [0.29, 0.717) is 17.5 Å². The highest BCUT2D eigenvalue weighted by atomic mass is 16.5. The first-order valence-corrected chi connectivity index (χ1v) is 6.96. The molecule has 2 rings (SSSR count). The average Bonchev–Trinajstić information content (AvgIpc) is 2.46. The van der Waals surface area contributed by atoms with Gasteiger partial charge in [-0.2, -0.15) is 0 Å². The maximum atomic E-state index is 9.90. The van der Waals surface area contributed by atoms with Gasteiger partial charge in [0, 0.05) is 24.4 Å². The number of phenols is 1. The molecule has 0 aliphatic rings. The molecule has 0 aliphatic heterocycles. The second kappa shape index (κ2) is 6.43. The van der Waals surface area contributed by atoms with E-state index in [1.165, 1.54) is 7.11 Å². The predicted molar refractivity (Wildman–Crippen MR) is 83.8 cm³/mol. The van der Waals surface area contributed by atoms with Crippen molar-refractivity contribution in [1.29, 1.82) is 0 Å². The Bertz CT molecular complexity index is 627. The average molecular weight is 287 g/mol. The molecule has 0 saturated carbocycles. The quantitative estimate of drug-likeness (QED) is 0.884. The zero-order valence-corrected chi connectivity index (χ0v) is 12.8. The molecule has 1 heterocycles. The third-order valence-corrected chi connectivity index (χ3v) is 3.09. The Morgan fingerprint density at radius 3 is 2.57 bits per heavy atom. The maximum absolute atomic E-state index is 9.90. The molecule has 0 unspecified atom stereocenters. The van der Waals surface area contributed by atoms with Crippen LogP contribution in [0.3, 0.4) is 0 Å². The first-order valence-electron chi connectivity index (χ1n) is 6.96. The van der Waals surface area contributed by atoms with Crippen LogP contribution in [-0.4, -0.2) is 29.2 Å². The number of aromatic hydroxyl groups is 1. The summed E-state index contributed by atoms with van der Waals surface area (Å²) < 4.78 is 5.05. The lowest BCUT2D eigenvalue weighted by atomic mass is 10.1. The Morgan fingerprint density at radius 2 is 2.00 bits per heavy atom. The van der Waals surface area contributed by atoms with E-state index >= 15 is 0 Å². The van der Waals surface area contributed by atoms with Gasteiger partial charge in [0.05, 0.1) is 7.11 Å². The van der Waals surface area contributed by atoms with Gasteiger partial charge >= 0.3 is 0 Å². The molecule has 5 heteroatoms. The summed E-state index contributed by atoms with van der Waals surface area (Å²) in [5.74, 6) is 2.40. The SMILES string of the molecule is CNc1cc(CC(C)C)nc(-c2ccc(OC)c(O)c2)n1. The standard InChI is InChI=1S/C16H21N3O2/c1-10(2)7-12-9-15(17-3)19-16(18-12)11-5-6-14(21-4)13(20)8-11/h5-6,8-10,20H,7H2,1-4H3,(H,17,18,19). The van der Waals surface area contributed by atoms with Crippen molar-refractivity contribution in [2.24, 2.45) is 5.92 Å². The summed E-state index contributed by atoms with van der Waals surface area (Å²) >= 11 is 0. The lowest BCUT2D eigenvalue weighted by Crippen LogP contribution is -2.03. The number of rotatable bonds is 5. The molecule has 0 spiro atoms. The molecule has 0 fully saturated rings. The van der Waals surface area contributed by atoms with Crippen molar-refractivity contribution in [2.45, 2.75) is 20.3 Å². The Balaban J connectivity index is 2.44. The van der Waals surface area contributed by atoms with Crippen LogP contribution in [-0.2, 0) is 6.42 Å². The fraction of sp³-hybridized carbons (Fsp3) is 0.375. The Labute approximate surface area is 125 Å². The number of methoxy groups -OCH3 is 1. The Hall–Kier alpha value is -2.30. The van der Waals surface area contributed by atoms with Crippen LogP contribution in [0.25, 0.3) is 11.4 Å². The summed E-state index contributed by atoms with van der Waals surface area (Å²) in [6.45, 7) is 4.31. The van der Waals surface area contributed by atoms with Crippen molar-refractivity contribution >= 4 is 5.82 Å². The zero-order valence-electron chi connectivity index (χ0n) is 12.8. The molecule has 0 aliphatic carbocycles. The molecule has 0 bridgehead atoms. The third-order valence-electron chi connectivity index (χ3n) is 3.09. The van der Waals surface area contributed by atoms with Gasteiger partial charge in [-0.1, -0.05) is 13.8 Å². The molecule has 1 aromatic carbocycles. The third kappa shape index (κ3) is 3.62. The molecule has 1 aromatic heterocycles. The van der Waals surface area contributed by atoms with E-state index < -0.39 is 0 Å². The van der Waals surface area contributed by atoms with Crippen LogP contribution in [0, 0.1) is 5.92 Å². The summed E-state index contributed by atoms with van der Waals surface area (Å²) in [4.78, 5) is 9.04. The minimum atomic E-state index is 0.0823. The van der Waals surface area contributed by atoms with Gasteiger partial charge in [-0.3, -0.25) is 0 Å². The Kier molecular flexibility index (Phi) is 4.62. The monoisotopic (exact) mass is 287 g/mol. The molecular formula is C16H21N3O2. The highest BCUT2D eigenvalue weighted by Crippen LogP contribution is 2.30.